The van der Waals surface area contributed by atoms with Crippen molar-refractivity contribution in [1.29, 1.82) is 5.26 Å². The van der Waals surface area contributed by atoms with E-state index in [1.165, 1.54) is 5.57 Å². The molecule has 0 aromatic carbocycles. The highest BCUT2D eigenvalue weighted by Gasteiger charge is 2.63. The SMILES string of the molecule is C[C@]12CC[C@H](O)CC1=CC[C@H]1[C@H]2CC[C@@]2(C)[C@H]1CC[C@@]2(O)CC#N. The Morgan fingerprint density at radius 1 is 1.17 bits per heavy atom. The van der Waals surface area contributed by atoms with Crippen LogP contribution in [0.4, 0.5) is 0 Å². The van der Waals surface area contributed by atoms with Crippen LogP contribution in [0.2, 0.25) is 0 Å². The van der Waals surface area contributed by atoms with E-state index >= 15 is 0 Å². The molecule has 4 aliphatic carbocycles. The Labute approximate surface area is 145 Å². The van der Waals surface area contributed by atoms with Gasteiger partial charge in [0, 0.05) is 5.41 Å². The Kier molecular flexibility index (Phi) is 3.68. The molecule has 0 aromatic rings. The number of allylic oxidation sites excluding steroid dienone is 1. The van der Waals surface area contributed by atoms with Gasteiger partial charge in [0.1, 0.15) is 0 Å². The van der Waals surface area contributed by atoms with Crippen molar-refractivity contribution in [3.05, 3.63) is 11.6 Å². The summed E-state index contributed by atoms with van der Waals surface area (Å²) < 4.78 is 0. The van der Waals surface area contributed by atoms with Crippen molar-refractivity contribution < 1.29 is 10.2 Å². The molecule has 0 amide bonds. The molecular weight excluding hydrogens is 298 g/mol. The second-order valence-electron chi connectivity index (χ2n) is 9.52. The topological polar surface area (TPSA) is 64.2 Å². The van der Waals surface area contributed by atoms with E-state index in [0.29, 0.717) is 17.8 Å². The number of hydrogen-bond acceptors (Lipinski definition) is 3. The van der Waals surface area contributed by atoms with Crippen molar-refractivity contribution >= 4 is 0 Å². The molecule has 4 aliphatic rings. The lowest BCUT2D eigenvalue weighted by molar-refractivity contribution is -0.122. The highest BCUT2D eigenvalue weighted by Crippen LogP contribution is 2.67. The molecule has 0 heterocycles. The van der Waals surface area contributed by atoms with E-state index in [0.717, 1.165) is 51.4 Å². The van der Waals surface area contributed by atoms with E-state index in [9.17, 15) is 15.5 Å². The number of fused-ring (bicyclic) bond motifs is 5. The first-order chi connectivity index (χ1) is 11.3. The fourth-order valence-electron chi connectivity index (χ4n) is 7.17. The summed E-state index contributed by atoms with van der Waals surface area (Å²) in [5.41, 5.74) is 0.862. The van der Waals surface area contributed by atoms with Crippen molar-refractivity contribution in [3.63, 3.8) is 0 Å². The lowest BCUT2D eigenvalue weighted by atomic mass is 9.47. The average Bonchev–Trinajstić information content (AvgIpc) is 2.80. The molecule has 0 unspecified atom stereocenters. The minimum absolute atomic E-state index is 0.0974. The van der Waals surface area contributed by atoms with Crippen molar-refractivity contribution in [2.75, 3.05) is 0 Å². The summed E-state index contributed by atoms with van der Waals surface area (Å²) in [4.78, 5) is 0. The smallest absolute Gasteiger partial charge is 0.0833 e. The Hall–Kier alpha value is -0.850. The van der Waals surface area contributed by atoms with Crippen LogP contribution in [0.1, 0.15) is 71.6 Å². The summed E-state index contributed by atoms with van der Waals surface area (Å²) in [5.74, 6) is 1.86. The molecule has 0 aromatic heterocycles. The summed E-state index contributed by atoms with van der Waals surface area (Å²) in [5, 5.41) is 30.5. The summed E-state index contributed by atoms with van der Waals surface area (Å²) in [6.45, 7) is 4.69. The number of hydrogen-bond donors (Lipinski definition) is 2. The maximum absolute atomic E-state index is 11.2. The highest BCUT2D eigenvalue weighted by molar-refractivity contribution is 5.26. The van der Waals surface area contributed by atoms with Gasteiger partial charge in [-0.2, -0.15) is 5.26 Å². The van der Waals surface area contributed by atoms with Gasteiger partial charge in [0.15, 0.2) is 0 Å². The fourth-order valence-corrected chi connectivity index (χ4v) is 7.17. The zero-order chi connectivity index (χ0) is 17.2. The van der Waals surface area contributed by atoms with Crippen LogP contribution in [0.25, 0.3) is 0 Å². The van der Waals surface area contributed by atoms with E-state index < -0.39 is 5.60 Å². The van der Waals surface area contributed by atoms with Gasteiger partial charge in [0.05, 0.1) is 24.2 Å². The molecule has 24 heavy (non-hydrogen) atoms. The molecule has 3 nitrogen and oxygen atoms in total. The van der Waals surface area contributed by atoms with E-state index in [2.05, 4.69) is 26.0 Å². The summed E-state index contributed by atoms with van der Waals surface area (Å²) >= 11 is 0. The van der Waals surface area contributed by atoms with Crippen molar-refractivity contribution in [3.8, 4) is 6.07 Å². The summed E-state index contributed by atoms with van der Waals surface area (Å²) in [7, 11) is 0. The molecule has 7 atom stereocenters. The van der Waals surface area contributed by atoms with Gasteiger partial charge in [-0.05, 0) is 74.5 Å². The van der Waals surface area contributed by atoms with Crippen molar-refractivity contribution in [2.24, 2.45) is 28.6 Å². The van der Waals surface area contributed by atoms with E-state index in [1.807, 2.05) is 0 Å². The third-order valence-corrected chi connectivity index (χ3v) is 8.77. The van der Waals surface area contributed by atoms with Gasteiger partial charge in [0.25, 0.3) is 0 Å². The Bertz CT molecular complexity index is 607. The highest BCUT2D eigenvalue weighted by atomic mass is 16.3. The molecule has 3 fully saturated rings. The van der Waals surface area contributed by atoms with Gasteiger partial charge in [0.2, 0.25) is 0 Å². The maximum atomic E-state index is 11.2. The van der Waals surface area contributed by atoms with Crippen LogP contribution in [0.5, 0.6) is 0 Å². The largest absolute Gasteiger partial charge is 0.393 e. The standard InChI is InChI=1S/C21H31NO2/c1-19-8-5-15(23)13-14(19)3-4-16-17(19)6-9-20(2)18(16)7-10-21(20,24)11-12-22/h3,15-18,23-24H,4-11,13H2,1-2H3/t15-,16-,17+,18-,19-,20-,21+/m0/s1. The zero-order valence-corrected chi connectivity index (χ0v) is 15.1. The van der Waals surface area contributed by atoms with Crippen LogP contribution in [0.15, 0.2) is 11.6 Å². The average molecular weight is 329 g/mol. The predicted octanol–water partition coefficient (Wildman–Crippen LogP) is 3.95. The summed E-state index contributed by atoms with van der Waals surface area (Å²) in [6, 6.07) is 2.25. The fraction of sp³-hybridized carbons (Fsp3) is 0.857. The van der Waals surface area contributed by atoms with Crippen LogP contribution in [-0.4, -0.2) is 21.9 Å². The molecule has 3 heteroatoms. The number of rotatable bonds is 1. The molecule has 0 radical (unpaired) electrons. The minimum atomic E-state index is -0.787. The predicted molar refractivity (Wildman–Crippen MR) is 92.9 cm³/mol. The molecule has 0 spiro atoms. The Balaban J connectivity index is 1.67. The quantitative estimate of drug-likeness (QED) is 0.716. The van der Waals surface area contributed by atoms with Crippen LogP contribution in [0.3, 0.4) is 0 Å². The first-order valence-electron chi connectivity index (χ1n) is 9.81. The second kappa shape index (κ2) is 5.32. The van der Waals surface area contributed by atoms with Crippen LogP contribution in [0, 0.1) is 39.9 Å². The molecule has 0 aliphatic heterocycles. The van der Waals surface area contributed by atoms with Crippen molar-refractivity contribution in [2.45, 2.75) is 83.3 Å². The molecule has 0 bridgehead atoms. The lowest BCUT2D eigenvalue weighted by Crippen LogP contribution is -2.54. The molecule has 2 N–H and O–H groups in total. The molecule has 4 rings (SSSR count). The number of aliphatic hydroxyl groups excluding tert-OH is 1. The van der Waals surface area contributed by atoms with E-state index in [1.54, 1.807) is 0 Å². The number of nitrogens with zero attached hydrogens (tertiary/aromatic N) is 1. The Morgan fingerprint density at radius 3 is 2.67 bits per heavy atom. The second-order valence-corrected chi connectivity index (χ2v) is 9.52. The summed E-state index contributed by atoms with van der Waals surface area (Å²) in [6.07, 6.45) is 10.6. The monoisotopic (exact) mass is 329 g/mol. The molecule has 0 saturated heterocycles. The first-order valence-corrected chi connectivity index (χ1v) is 9.81. The lowest BCUT2D eigenvalue weighted by Gasteiger charge is -2.58. The van der Waals surface area contributed by atoms with Crippen LogP contribution >= 0.6 is 0 Å². The molecule has 132 valence electrons. The number of nitriles is 1. The van der Waals surface area contributed by atoms with Gasteiger partial charge < -0.3 is 10.2 Å². The van der Waals surface area contributed by atoms with Crippen molar-refractivity contribution in [1.82, 2.24) is 0 Å². The normalized spacial score (nSPS) is 53.4. The van der Waals surface area contributed by atoms with Gasteiger partial charge in [-0.15, -0.1) is 0 Å². The van der Waals surface area contributed by atoms with Gasteiger partial charge >= 0.3 is 0 Å². The Morgan fingerprint density at radius 2 is 1.92 bits per heavy atom. The number of aliphatic hydroxyl groups is 2. The van der Waals surface area contributed by atoms with Gasteiger partial charge in [-0.1, -0.05) is 25.5 Å². The van der Waals surface area contributed by atoms with E-state index in [4.69, 9.17) is 0 Å². The van der Waals surface area contributed by atoms with Gasteiger partial charge in [-0.3, -0.25) is 0 Å². The third-order valence-electron chi connectivity index (χ3n) is 8.77. The van der Waals surface area contributed by atoms with E-state index in [-0.39, 0.29) is 23.4 Å². The van der Waals surface area contributed by atoms with Crippen LogP contribution in [-0.2, 0) is 0 Å². The van der Waals surface area contributed by atoms with Crippen LogP contribution < -0.4 is 0 Å². The maximum Gasteiger partial charge on any atom is 0.0833 e. The molecular formula is C21H31NO2. The minimum Gasteiger partial charge on any atom is -0.393 e. The first kappa shape index (κ1) is 16.6. The van der Waals surface area contributed by atoms with Gasteiger partial charge in [-0.25, -0.2) is 0 Å². The zero-order valence-electron chi connectivity index (χ0n) is 15.1. The molecule has 3 saturated carbocycles. The third kappa shape index (κ3) is 2.02.